The van der Waals surface area contributed by atoms with Crippen LogP contribution in [0.5, 0.6) is 5.75 Å². The van der Waals surface area contributed by atoms with Gasteiger partial charge in [0.25, 0.3) is 0 Å². The first-order valence-corrected chi connectivity index (χ1v) is 10.7. The predicted molar refractivity (Wildman–Crippen MR) is 104 cm³/mol. The van der Waals surface area contributed by atoms with Crippen LogP contribution in [0.2, 0.25) is 0 Å². The zero-order chi connectivity index (χ0) is 20.1. The number of ether oxygens (including phenoxy) is 1. The monoisotopic (exact) mass is 406 g/mol. The zero-order valence-corrected chi connectivity index (χ0v) is 16.4. The number of nitrogens with zero attached hydrogens (tertiary/aromatic N) is 1. The minimum atomic E-state index is -3.89. The molecule has 0 unspecified atom stereocenters. The summed E-state index contributed by atoms with van der Waals surface area (Å²) in [6, 6.07) is 10.8. The van der Waals surface area contributed by atoms with E-state index in [4.69, 9.17) is 4.74 Å². The standard InChI is InChI=1S/C20H23FN2O4S/c1-2-27-17-10-8-16(9-11-17)22-20(24)19-5-3-4-14-23(19)28(25,26)18-12-6-15(21)7-13-18/h6-13,19H,2-5,14H2,1H3,(H,22,24)/t19-/m0/s1. The number of anilines is 1. The highest BCUT2D eigenvalue weighted by Crippen LogP contribution is 2.27. The number of halogens is 1. The summed E-state index contributed by atoms with van der Waals surface area (Å²) in [4.78, 5) is 12.8. The minimum Gasteiger partial charge on any atom is -0.494 e. The van der Waals surface area contributed by atoms with Crippen molar-refractivity contribution < 1.29 is 22.3 Å². The normalized spacial score (nSPS) is 17.9. The second kappa shape index (κ2) is 8.70. The van der Waals surface area contributed by atoms with E-state index in [0.29, 0.717) is 30.9 Å². The molecule has 6 nitrogen and oxygen atoms in total. The Balaban J connectivity index is 1.78. The summed E-state index contributed by atoms with van der Waals surface area (Å²) < 4.78 is 45.7. The number of hydrogen-bond acceptors (Lipinski definition) is 4. The summed E-state index contributed by atoms with van der Waals surface area (Å²) in [5.41, 5.74) is 0.568. The third-order valence-electron chi connectivity index (χ3n) is 4.61. The van der Waals surface area contributed by atoms with Gasteiger partial charge in [-0.15, -0.1) is 0 Å². The van der Waals surface area contributed by atoms with E-state index < -0.39 is 21.9 Å². The van der Waals surface area contributed by atoms with Gasteiger partial charge in [0.1, 0.15) is 17.6 Å². The molecule has 8 heteroatoms. The van der Waals surface area contributed by atoms with Gasteiger partial charge in [-0.2, -0.15) is 4.31 Å². The van der Waals surface area contributed by atoms with Gasteiger partial charge in [0, 0.05) is 12.2 Å². The number of rotatable bonds is 6. The van der Waals surface area contributed by atoms with Crippen LogP contribution in [0.1, 0.15) is 26.2 Å². The summed E-state index contributed by atoms with van der Waals surface area (Å²) in [6.45, 7) is 2.68. The van der Waals surface area contributed by atoms with Crippen LogP contribution in [0.3, 0.4) is 0 Å². The Hall–Kier alpha value is -2.45. The predicted octanol–water partition coefficient (Wildman–Crippen LogP) is 3.41. The SMILES string of the molecule is CCOc1ccc(NC(=O)[C@@H]2CCCCN2S(=O)(=O)c2ccc(F)cc2)cc1. The first-order chi connectivity index (χ1) is 13.4. The smallest absolute Gasteiger partial charge is 0.243 e. The van der Waals surface area contributed by atoms with E-state index in [1.54, 1.807) is 24.3 Å². The van der Waals surface area contributed by atoms with Gasteiger partial charge in [-0.3, -0.25) is 4.79 Å². The molecule has 0 saturated carbocycles. The molecule has 1 atom stereocenters. The van der Waals surface area contributed by atoms with Gasteiger partial charge in [-0.1, -0.05) is 6.42 Å². The molecule has 2 aromatic carbocycles. The van der Waals surface area contributed by atoms with Gasteiger partial charge in [0.05, 0.1) is 11.5 Å². The highest BCUT2D eigenvalue weighted by Gasteiger charge is 2.37. The number of amides is 1. The van der Waals surface area contributed by atoms with Gasteiger partial charge in [0.15, 0.2) is 0 Å². The van der Waals surface area contributed by atoms with Crippen molar-refractivity contribution in [1.82, 2.24) is 4.31 Å². The third-order valence-corrected chi connectivity index (χ3v) is 6.53. The molecule has 0 radical (unpaired) electrons. The molecule has 150 valence electrons. The summed E-state index contributed by atoms with van der Waals surface area (Å²) >= 11 is 0. The molecule has 0 aliphatic carbocycles. The number of carbonyl (C=O) groups excluding carboxylic acids is 1. The topological polar surface area (TPSA) is 75.7 Å². The molecule has 1 heterocycles. The molecule has 0 bridgehead atoms. The van der Waals surface area contributed by atoms with Gasteiger partial charge in [-0.05, 0) is 68.3 Å². The van der Waals surface area contributed by atoms with Crippen molar-refractivity contribution in [1.29, 1.82) is 0 Å². The van der Waals surface area contributed by atoms with Crippen molar-refractivity contribution in [2.45, 2.75) is 37.1 Å². The van der Waals surface area contributed by atoms with Crippen molar-refractivity contribution in [3.05, 3.63) is 54.3 Å². The molecule has 1 N–H and O–H groups in total. The average Bonchev–Trinajstić information content (AvgIpc) is 2.70. The second-order valence-electron chi connectivity index (χ2n) is 6.53. The fourth-order valence-corrected chi connectivity index (χ4v) is 4.88. The van der Waals surface area contributed by atoms with Crippen LogP contribution >= 0.6 is 0 Å². The molecule has 1 aliphatic heterocycles. The van der Waals surface area contributed by atoms with Crippen LogP contribution in [0.15, 0.2) is 53.4 Å². The Kier molecular flexibility index (Phi) is 6.31. The summed E-state index contributed by atoms with van der Waals surface area (Å²) in [7, 11) is -3.89. The lowest BCUT2D eigenvalue weighted by Gasteiger charge is -2.33. The van der Waals surface area contributed by atoms with Crippen molar-refractivity contribution in [3.63, 3.8) is 0 Å². The first kappa shape index (κ1) is 20.3. The summed E-state index contributed by atoms with van der Waals surface area (Å²) in [5, 5.41) is 2.78. The van der Waals surface area contributed by atoms with Crippen LogP contribution < -0.4 is 10.1 Å². The fourth-order valence-electron chi connectivity index (χ4n) is 3.22. The van der Waals surface area contributed by atoms with Crippen molar-refractivity contribution in [3.8, 4) is 5.75 Å². The van der Waals surface area contributed by atoms with Crippen molar-refractivity contribution in [2.24, 2.45) is 0 Å². The van der Waals surface area contributed by atoms with E-state index in [9.17, 15) is 17.6 Å². The average molecular weight is 406 g/mol. The number of carbonyl (C=O) groups is 1. The van der Waals surface area contributed by atoms with E-state index in [1.165, 1.54) is 16.4 Å². The highest BCUT2D eigenvalue weighted by atomic mass is 32.2. The van der Waals surface area contributed by atoms with Crippen molar-refractivity contribution >= 4 is 21.6 Å². The van der Waals surface area contributed by atoms with Crippen LogP contribution in [0, 0.1) is 5.82 Å². The highest BCUT2D eigenvalue weighted by molar-refractivity contribution is 7.89. The minimum absolute atomic E-state index is 0.0188. The largest absolute Gasteiger partial charge is 0.494 e. The van der Waals surface area contributed by atoms with Crippen LogP contribution in [-0.4, -0.2) is 37.8 Å². The second-order valence-corrected chi connectivity index (χ2v) is 8.42. The van der Waals surface area contributed by atoms with E-state index in [-0.39, 0.29) is 17.3 Å². The van der Waals surface area contributed by atoms with E-state index in [0.717, 1.165) is 18.6 Å². The summed E-state index contributed by atoms with van der Waals surface area (Å²) in [6.07, 6.45) is 1.87. The van der Waals surface area contributed by atoms with Gasteiger partial charge < -0.3 is 10.1 Å². The molecular formula is C20H23FN2O4S. The van der Waals surface area contributed by atoms with Crippen LogP contribution in [-0.2, 0) is 14.8 Å². The Labute approximate surface area is 164 Å². The van der Waals surface area contributed by atoms with Crippen LogP contribution in [0.25, 0.3) is 0 Å². The maximum Gasteiger partial charge on any atom is 0.243 e. The number of benzene rings is 2. The maximum atomic E-state index is 13.2. The Bertz CT molecular complexity index is 914. The lowest BCUT2D eigenvalue weighted by molar-refractivity contribution is -0.120. The van der Waals surface area contributed by atoms with Gasteiger partial charge in [-0.25, -0.2) is 12.8 Å². The van der Waals surface area contributed by atoms with Crippen LogP contribution in [0.4, 0.5) is 10.1 Å². The quantitative estimate of drug-likeness (QED) is 0.798. The fraction of sp³-hybridized carbons (Fsp3) is 0.350. The third kappa shape index (κ3) is 4.51. The molecule has 0 spiro atoms. The van der Waals surface area contributed by atoms with E-state index in [2.05, 4.69) is 5.32 Å². The number of sulfonamides is 1. The number of nitrogens with one attached hydrogen (secondary N) is 1. The van der Waals surface area contributed by atoms with E-state index >= 15 is 0 Å². The molecule has 1 fully saturated rings. The Morgan fingerprint density at radius 1 is 1.14 bits per heavy atom. The van der Waals surface area contributed by atoms with Gasteiger partial charge in [0.2, 0.25) is 15.9 Å². The van der Waals surface area contributed by atoms with Gasteiger partial charge >= 0.3 is 0 Å². The Morgan fingerprint density at radius 3 is 2.46 bits per heavy atom. The number of piperidine rings is 1. The Morgan fingerprint density at radius 2 is 1.82 bits per heavy atom. The molecule has 28 heavy (non-hydrogen) atoms. The lowest BCUT2D eigenvalue weighted by Crippen LogP contribution is -2.49. The lowest BCUT2D eigenvalue weighted by atomic mass is 10.0. The van der Waals surface area contributed by atoms with E-state index in [1.807, 2.05) is 6.92 Å². The zero-order valence-electron chi connectivity index (χ0n) is 15.6. The molecule has 3 rings (SSSR count). The summed E-state index contributed by atoms with van der Waals surface area (Å²) in [5.74, 6) is -0.199. The number of hydrogen-bond donors (Lipinski definition) is 1. The first-order valence-electron chi connectivity index (χ1n) is 9.23. The molecule has 1 aliphatic rings. The molecular weight excluding hydrogens is 383 g/mol. The molecule has 1 amide bonds. The maximum absolute atomic E-state index is 13.2. The molecule has 2 aromatic rings. The molecule has 0 aromatic heterocycles. The molecule has 1 saturated heterocycles. The van der Waals surface area contributed by atoms with Crippen molar-refractivity contribution in [2.75, 3.05) is 18.5 Å².